The molecule has 6 rings (SSSR count). The van der Waals surface area contributed by atoms with Gasteiger partial charge in [0.1, 0.15) is 11.3 Å². The zero-order valence-corrected chi connectivity index (χ0v) is 27.8. The molecule has 0 spiro atoms. The van der Waals surface area contributed by atoms with Crippen LogP contribution in [-0.4, -0.2) is 43.5 Å². The number of aromatic hydroxyl groups is 1. The van der Waals surface area contributed by atoms with Crippen molar-refractivity contribution in [1.29, 1.82) is 0 Å². The molecule has 0 bridgehead atoms. The van der Waals surface area contributed by atoms with Gasteiger partial charge in [-0.3, -0.25) is 14.4 Å². The Morgan fingerprint density at radius 3 is 2.15 bits per heavy atom. The molecule has 1 unspecified atom stereocenters. The van der Waals surface area contributed by atoms with E-state index in [1.807, 2.05) is 59.7 Å². The van der Waals surface area contributed by atoms with Gasteiger partial charge in [-0.1, -0.05) is 84.0 Å². The lowest BCUT2D eigenvalue weighted by atomic mass is 9.78. The van der Waals surface area contributed by atoms with E-state index in [2.05, 4.69) is 0 Å². The highest BCUT2D eigenvalue weighted by Gasteiger charge is 2.46. The van der Waals surface area contributed by atoms with E-state index in [9.17, 15) is 29.4 Å². The predicted molar refractivity (Wildman–Crippen MR) is 185 cm³/mol. The number of aromatic nitrogens is 1. The average Bonchev–Trinajstić information content (AvgIpc) is 3.26. The van der Waals surface area contributed by atoms with Gasteiger partial charge in [0.25, 0.3) is 0 Å². The summed E-state index contributed by atoms with van der Waals surface area (Å²) < 4.78 is 5.83. The number of Topliss-reactive ketones (excluding diaryl/α,β-unsaturated/α-hetero) is 1. The molecule has 3 N–H and O–H groups in total. The van der Waals surface area contributed by atoms with Crippen LogP contribution in [-0.2, 0) is 22.0 Å². The highest BCUT2D eigenvalue weighted by molar-refractivity contribution is 6.31. The van der Waals surface area contributed by atoms with Crippen LogP contribution in [0.25, 0.3) is 21.7 Å². The van der Waals surface area contributed by atoms with Crippen molar-refractivity contribution in [3.05, 3.63) is 112 Å². The summed E-state index contributed by atoms with van der Waals surface area (Å²) in [5.74, 6) is -2.72. The maximum Gasteiger partial charge on any atom is 0.341 e. The number of fused-ring (bicyclic) bond motifs is 3. The second kappa shape index (κ2) is 11.7. The van der Waals surface area contributed by atoms with Crippen molar-refractivity contribution in [1.82, 2.24) is 4.98 Å². The van der Waals surface area contributed by atoms with E-state index in [0.29, 0.717) is 33.7 Å². The number of carboxylic acids is 1. The third-order valence-corrected chi connectivity index (χ3v) is 8.95. The summed E-state index contributed by atoms with van der Waals surface area (Å²) in [5, 5.41) is 22.4. The van der Waals surface area contributed by atoms with E-state index in [-0.39, 0.29) is 51.4 Å². The average molecular weight is 645 g/mol. The van der Waals surface area contributed by atoms with Gasteiger partial charge in [-0.25, -0.2) is 9.78 Å². The van der Waals surface area contributed by atoms with Gasteiger partial charge in [-0.15, -0.1) is 0 Å². The first-order valence-electron chi connectivity index (χ1n) is 15.9. The Bertz CT molecular complexity index is 2150. The first-order chi connectivity index (χ1) is 22.5. The second-order valence-electron chi connectivity index (χ2n) is 14.5. The van der Waals surface area contributed by atoms with Crippen LogP contribution >= 0.6 is 0 Å². The number of carboxylic acid groups (broad SMARTS) is 1. The standard InChI is InChI=1S/C40H37NO7/c1-39(2,3)28-17-21(18-29(37(28)45)40(4,5)6)13-16-32(42)48-31-12-8-9-22-14-15-30(41-34(22)31)33-35(43)26-19-23-10-7-11-24(38(46)47)25(23)20-27(26)36(33)44/h7-12,14-15,17-20,33,45H,13,16H2,1-6H3,(H,46,47)/p+1. The van der Waals surface area contributed by atoms with E-state index in [0.717, 1.165) is 16.7 Å². The number of pyridine rings is 1. The fourth-order valence-electron chi connectivity index (χ4n) is 6.42. The summed E-state index contributed by atoms with van der Waals surface area (Å²) in [6.45, 7) is 12.3. The second-order valence-corrected chi connectivity index (χ2v) is 14.5. The Kier molecular flexibility index (Phi) is 7.94. The Morgan fingerprint density at radius 2 is 1.50 bits per heavy atom. The number of carbonyl (C=O) groups is 3. The minimum absolute atomic E-state index is 0.0658. The number of ether oxygens (including phenoxy) is 1. The molecule has 1 aromatic heterocycles. The fraction of sp³-hybridized carbons (Fsp3) is 0.275. The zero-order valence-electron chi connectivity index (χ0n) is 27.8. The molecule has 0 fully saturated rings. The number of phenolic OH excluding ortho intramolecular Hbond substituents is 1. The minimum Gasteiger partial charge on any atom is -0.507 e. The highest BCUT2D eigenvalue weighted by Crippen LogP contribution is 2.41. The monoisotopic (exact) mass is 644 g/mol. The number of aryl methyl sites for hydroxylation is 1. The van der Waals surface area contributed by atoms with Crippen LogP contribution in [0.3, 0.4) is 0 Å². The number of esters is 1. The lowest BCUT2D eigenvalue weighted by Gasteiger charge is -2.28. The van der Waals surface area contributed by atoms with Crippen molar-refractivity contribution >= 4 is 45.2 Å². The van der Waals surface area contributed by atoms with Crippen LogP contribution in [0, 0.1) is 0 Å². The molecule has 0 amide bonds. The molecule has 0 saturated carbocycles. The molecule has 1 aliphatic rings. The van der Waals surface area contributed by atoms with Gasteiger partial charge in [0.05, 0.1) is 16.8 Å². The minimum atomic E-state index is -1.11. The number of benzene rings is 4. The van der Waals surface area contributed by atoms with Gasteiger partial charge in [0, 0.05) is 17.4 Å². The van der Waals surface area contributed by atoms with E-state index in [1.54, 1.807) is 42.5 Å². The van der Waals surface area contributed by atoms with Gasteiger partial charge in [-0.2, -0.15) is 0 Å². The van der Waals surface area contributed by atoms with Crippen molar-refractivity contribution in [2.75, 3.05) is 0 Å². The maximum atomic E-state index is 13.7. The Hall–Kier alpha value is -5.37. The fourth-order valence-corrected chi connectivity index (χ4v) is 6.42. The van der Waals surface area contributed by atoms with E-state index in [4.69, 9.17) is 9.72 Å². The van der Waals surface area contributed by atoms with Crippen molar-refractivity contribution in [3.63, 3.8) is 0 Å². The lowest BCUT2D eigenvalue weighted by molar-refractivity contribution is -0.134. The number of nitrogens with zero attached hydrogens (tertiary/aromatic N) is 1. The molecule has 5 aromatic rings. The number of para-hydroxylation sites is 1. The smallest absolute Gasteiger partial charge is 0.341 e. The number of hydrogen-bond acceptors (Lipinski definition) is 6. The summed E-state index contributed by atoms with van der Waals surface area (Å²) in [7, 11) is 0. The number of aromatic carboxylic acids is 1. The number of rotatable bonds is 6. The summed E-state index contributed by atoms with van der Waals surface area (Å²) in [6.07, 6.45) is 0.495. The molecule has 0 radical (unpaired) electrons. The number of carbonyl (C=O) groups excluding carboxylic acids is 3. The van der Waals surface area contributed by atoms with Crippen LogP contribution in [0.5, 0.6) is 11.5 Å². The van der Waals surface area contributed by atoms with Gasteiger partial charge in [0.15, 0.2) is 17.5 Å². The third kappa shape index (κ3) is 5.83. The number of phenols is 1. The number of ketones is 2. The van der Waals surface area contributed by atoms with Crippen molar-refractivity contribution in [2.24, 2.45) is 0 Å². The van der Waals surface area contributed by atoms with E-state index < -0.39 is 23.6 Å². The Balaban J connectivity index is 1.27. The Morgan fingerprint density at radius 1 is 0.854 bits per heavy atom. The molecular weight excluding hydrogens is 606 g/mol. The maximum absolute atomic E-state index is 13.7. The van der Waals surface area contributed by atoms with E-state index in [1.165, 1.54) is 12.1 Å². The molecule has 244 valence electrons. The van der Waals surface area contributed by atoms with Gasteiger partial charge in [0.2, 0.25) is 0 Å². The first kappa shape index (κ1) is 32.6. The molecule has 4 aromatic carbocycles. The largest absolute Gasteiger partial charge is 0.507 e. The van der Waals surface area contributed by atoms with Gasteiger partial charge in [-0.05, 0) is 75.0 Å². The van der Waals surface area contributed by atoms with Crippen molar-refractivity contribution in [2.45, 2.75) is 71.1 Å². The van der Waals surface area contributed by atoms with Gasteiger partial charge >= 0.3 is 17.7 Å². The Labute approximate surface area is 278 Å². The molecule has 8 nitrogen and oxygen atoms in total. The third-order valence-electron chi connectivity index (χ3n) is 8.95. The molecule has 0 aliphatic heterocycles. The lowest BCUT2D eigenvalue weighted by Crippen LogP contribution is -2.18. The van der Waals surface area contributed by atoms with E-state index >= 15 is 0 Å². The van der Waals surface area contributed by atoms with Crippen LogP contribution in [0.2, 0.25) is 0 Å². The normalized spacial score (nSPS) is 14.8. The predicted octanol–water partition coefficient (Wildman–Crippen LogP) is 7.80. The van der Waals surface area contributed by atoms with Crippen LogP contribution in [0.4, 0.5) is 0 Å². The van der Waals surface area contributed by atoms with Crippen molar-refractivity contribution in [3.8, 4) is 11.5 Å². The highest BCUT2D eigenvalue weighted by atomic mass is 16.5. The van der Waals surface area contributed by atoms with Crippen molar-refractivity contribution < 1.29 is 34.1 Å². The molecule has 8 heteroatoms. The SMILES string of the molecule is CC(C)(C)c1cc(CCC(=O)Oc2cccc3ccc(C4C(=O)c5cc6c(C(=O)O)cccc6cc5C4=[OH+])nc23)cc(C(C)(C)C)c1O. The van der Waals surface area contributed by atoms with Crippen LogP contribution in [0.1, 0.15) is 103 Å². The molecule has 48 heavy (non-hydrogen) atoms. The summed E-state index contributed by atoms with van der Waals surface area (Å²) in [4.78, 5) is 54.7. The molecule has 0 saturated heterocycles. The first-order valence-corrected chi connectivity index (χ1v) is 15.9. The quantitative estimate of drug-likeness (QED) is 0.0833. The molecule has 1 atom stereocenters. The van der Waals surface area contributed by atoms with Gasteiger partial charge < -0.3 is 14.9 Å². The topological polar surface area (TPSA) is 135 Å². The summed E-state index contributed by atoms with van der Waals surface area (Å²) in [5.41, 5.74) is 3.24. The molecule has 1 aliphatic carbocycles. The van der Waals surface area contributed by atoms with Crippen LogP contribution in [0.15, 0.2) is 72.8 Å². The number of hydrogen-bond donors (Lipinski definition) is 2. The molecular formula is C40H38NO7+. The van der Waals surface area contributed by atoms with Crippen LogP contribution < -0.4 is 4.74 Å². The molecule has 1 heterocycles. The summed E-state index contributed by atoms with van der Waals surface area (Å²) >= 11 is 0. The summed E-state index contributed by atoms with van der Waals surface area (Å²) in [6, 6.07) is 20.5. The zero-order chi connectivity index (χ0) is 34.7.